The van der Waals surface area contributed by atoms with E-state index in [-0.39, 0.29) is 6.29 Å². The second-order valence-corrected chi connectivity index (χ2v) is 4.65. The topological polar surface area (TPSA) is 177 Å². The number of carbonyl (C=O) groups is 1. The summed E-state index contributed by atoms with van der Waals surface area (Å²) < 4.78 is 10.1. The first-order valence-electron chi connectivity index (χ1n) is 6.64. The third-order valence-corrected chi connectivity index (χ3v) is 2.76. The van der Waals surface area contributed by atoms with E-state index in [2.05, 4.69) is 0 Å². The van der Waals surface area contributed by atoms with Crippen LogP contribution in [0.15, 0.2) is 0 Å². The summed E-state index contributed by atoms with van der Waals surface area (Å²) in [5.74, 6) is 0. The Balaban J connectivity index is 4.86. The van der Waals surface area contributed by atoms with Crippen LogP contribution in [0.1, 0.15) is 0 Å². The second-order valence-electron chi connectivity index (χ2n) is 4.65. The normalized spacial score (nSPS) is 20.0. The summed E-state index contributed by atoms with van der Waals surface area (Å²) >= 11 is 0. The molecule has 0 aromatic heterocycles. The van der Waals surface area contributed by atoms with E-state index in [0.29, 0.717) is 0 Å². The molecule has 0 fully saturated rings. The van der Waals surface area contributed by atoms with Gasteiger partial charge in [0.1, 0.15) is 36.6 Å². The molecule has 0 aromatic carbocycles. The fourth-order valence-electron chi connectivity index (χ4n) is 1.48. The van der Waals surface area contributed by atoms with Crippen LogP contribution in [0, 0.1) is 0 Å². The zero-order chi connectivity index (χ0) is 17.1. The quantitative estimate of drug-likeness (QED) is 0.163. The molecule has 2 unspecified atom stereocenters. The van der Waals surface area contributed by atoms with Crippen LogP contribution >= 0.6 is 0 Å². The largest absolute Gasteiger partial charge is 0.394 e. The maximum atomic E-state index is 11.1. The van der Waals surface area contributed by atoms with Gasteiger partial charge in [0.2, 0.25) is 0 Å². The number of aliphatic hydroxyl groups is 7. The van der Waals surface area contributed by atoms with E-state index in [1.54, 1.807) is 0 Å². The van der Waals surface area contributed by atoms with Crippen molar-refractivity contribution in [2.24, 2.45) is 0 Å². The maximum Gasteiger partial charge on any atom is 0.151 e. The zero-order valence-corrected chi connectivity index (χ0v) is 11.9. The fourth-order valence-corrected chi connectivity index (χ4v) is 1.48. The van der Waals surface area contributed by atoms with E-state index in [1.807, 2.05) is 0 Å². The molecule has 0 aliphatic rings. The molecule has 0 amide bonds. The van der Waals surface area contributed by atoms with Crippen molar-refractivity contribution in [2.45, 2.75) is 36.6 Å². The summed E-state index contributed by atoms with van der Waals surface area (Å²) in [4.78, 5) is 11.1. The first-order valence-corrected chi connectivity index (χ1v) is 6.64. The second kappa shape index (κ2) is 11.8. The summed E-state index contributed by atoms with van der Waals surface area (Å²) in [7, 11) is 0. The predicted molar refractivity (Wildman–Crippen MR) is 70.8 cm³/mol. The smallest absolute Gasteiger partial charge is 0.151 e. The number of aliphatic hydroxyl groups excluding tert-OH is 7. The van der Waals surface area contributed by atoms with E-state index in [9.17, 15) is 25.2 Å². The SMILES string of the molecule is O=C[C@H](OCC(O)CO)[C@@H](OCC(O)CO)[C@H](O)[C@H](O)CO. The molecule has 0 saturated heterocycles. The molecule has 0 saturated carbocycles. The first-order chi connectivity index (χ1) is 10.4. The molecule has 0 spiro atoms. The van der Waals surface area contributed by atoms with E-state index in [1.165, 1.54) is 0 Å². The molecular weight excluding hydrogens is 304 g/mol. The van der Waals surface area contributed by atoms with Crippen LogP contribution in [-0.2, 0) is 14.3 Å². The molecule has 6 atom stereocenters. The summed E-state index contributed by atoms with van der Waals surface area (Å²) in [5, 5.41) is 63.9. The van der Waals surface area contributed by atoms with Gasteiger partial charge in [0.05, 0.1) is 33.0 Å². The summed E-state index contributed by atoms with van der Waals surface area (Å²) in [5.41, 5.74) is 0. The minimum absolute atomic E-state index is 0.243. The number of carbonyl (C=O) groups excluding carboxylic acids is 1. The van der Waals surface area contributed by atoms with Gasteiger partial charge in [-0.05, 0) is 0 Å². The number of hydrogen-bond acceptors (Lipinski definition) is 10. The molecule has 22 heavy (non-hydrogen) atoms. The van der Waals surface area contributed by atoms with Crippen molar-refractivity contribution in [3.05, 3.63) is 0 Å². The van der Waals surface area contributed by atoms with Gasteiger partial charge < -0.3 is 50.0 Å². The molecule has 0 bridgehead atoms. The molecule has 0 rings (SSSR count). The number of hydrogen-bond donors (Lipinski definition) is 7. The van der Waals surface area contributed by atoms with Crippen molar-refractivity contribution in [3.8, 4) is 0 Å². The molecule has 132 valence electrons. The Hall–Kier alpha value is -0.690. The third-order valence-electron chi connectivity index (χ3n) is 2.76. The molecule has 0 heterocycles. The van der Waals surface area contributed by atoms with Gasteiger partial charge in [-0.2, -0.15) is 0 Å². The van der Waals surface area contributed by atoms with Gasteiger partial charge in [-0.3, -0.25) is 0 Å². The Labute approximate surface area is 127 Å². The summed E-state index contributed by atoms with van der Waals surface area (Å²) in [6.07, 6.45) is -8.56. The van der Waals surface area contributed by atoms with Crippen LogP contribution in [0.5, 0.6) is 0 Å². The summed E-state index contributed by atoms with van der Waals surface area (Å²) in [6, 6.07) is 0. The van der Waals surface area contributed by atoms with Gasteiger partial charge in [-0.25, -0.2) is 0 Å². The Kier molecular flexibility index (Phi) is 11.5. The lowest BCUT2D eigenvalue weighted by molar-refractivity contribution is -0.173. The van der Waals surface area contributed by atoms with Crippen molar-refractivity contribution in [1.82, 2.24) is 0 Å². The molecule has 10 heteroatoms. The van der Waals surface area contributed by atoms with Crippen LogP contribution in [0.3, 0.4) is 0 Å². The molecule has 0 aliphatic carbocycles. The van der Waals surface area contributed by atoms with Gasteiger partial charge in [0.25, 0.3) is 0 Å². The highest BCUT2D eigenvalue weighted by atomic mass is 16.6. The van der Waals surface area contributed by atoms with Gasteiger partial charge in [0, 0.05) is 0 Å². The maximum absolute atomic E-state index is 11.1. The Morgan fingerprint density at radius 1 is 0.818 bits per heavy atom. The molecule has 10 nitrogen and oxygen atoms in total. The molecule has 0 radical (unpaired) electrons. The number of rotatable bonds is 13. The predicted octanol–water partition coefficient (Wildman–Crippen LogP) is -4.62. The van der Waals surface area contributed by atoms with Crippen LogP contribution < -0.4 is 0 Å². The van der Waals surface area contributed by atoms with Gasteiger partial charge in [0.15, 0.2) is 6.29 Å². The average Bonchev–Trinajstić information content (AvgIpc) is 2.55. The Bertz CT molecular complexity index is 289. The van der Waals surface area contributed by atoms with E-state index < -0.39 is 69.7 Å². The Morgan fingerprint density at radius 3 is 1.73 bits per heavy atom. The molecule has 7 N–H and O–H groups in total. The number of ether oxygens (including phenoxy) is 2. The molecular formula is C12H24O10. The first kappa shape index (κ1) is 21.3. The van der Waals surface area contributed by atoms with E-state index >= 15 is 0 Å². The Morgan fingerprint density at radius 2 is 1.32 bits per heavy atom. The summed E-state index contributed by atoms with van der Waals surface area (Å²) in [6.45, 7) is -2.95. The lowest BCUT2D eigenvalue weighted by Gasteiger charge is -2.30. The van der Waals surface area contributed by atoms with E-state index in [4.69, 9.17) is 24.8 Å². The molecule has 0 aliphatic heterocycles. The van der Waals surface area contributed by atoms with Crippen molar-refractivity contribution in [2.75, 3.05) is 33.0 Å². The molecule has 0 aromatic rings. The van der Waals surface area contributed by atoms with Crippen molar-refractivity contribution < 1.29 is 50.0 Å². The fraction of sp³-hybridized carbons (Fsp3) is 0.917. The van der Waals surface area contributed by atoms with E-state index in [0.717, 1.165) is 0 Å². The zero-order valence-electron chi connectivity index (χ0n) is 11.9. The monoisotopic (exact) mass is 328 g/mol. The third kappa shape index (κ3) is 7.54. The highest BCUT2D eigenvalue weighted by molar-refractivity contribution is 5.57. The van der Waals surface area contributed by atoms with Gasteiger partial charge >= 0.3 is 0 Å². The minimum Gasteiger partial charge on any atom is -0.394 e. The van der Waals surface area contributed by atoms with Crippen LogP contribution in [-0.4, -0.2) is 112 Å². The average molecular weight is 328 g/mol. The highest BCUT2D eigenvalue weighted by Crippen LogP contribution is 2.12. The van der Waals surface area contributed by atoms with Gasteiger partial charge in [-0.1, -0.05) is 0 Å². The lowest BCUT2D eigenvalue weighted by atomic mass is 10.0. The van der Waals surface area contributed by atoms with Crippen LogP contribution in [0.2, 0.25) is 0 Å². The van der Waals surface area contributed by atoms with Crippen molar-refractivity contribution in [1.29, 1.82) is 0 Å². The minimum atomic E-state index is -1.72. The number of aldehydes is 1. The highest BCUT2D eigenvalue weighted by Gasteiger charge is 2.35. The van der Waals surface area contributed by atoms with Crippen LogP contribution in [0.4, 0.5) is 0 Å². The van der Waals surface area contributed by atoms with Gasteiger partial charge in [-0.15, -0.1) is 0 Å². The van der Waals surface area contributed by atoms with Crippen molar-refractivity contribution >= 4 is 6.29 Å². The standard InChI is InChI=1S/C12H24O10/c13-1-7(17)5-21-10(4-16)12(11(20)9(19)3-15)22-6-8(18)2-14/h4,7-15,17-20H,1-3,5-6H2/t7?,8?,9-,10+,11-,12-/m1/s1. The van der Waals surface area contributed by atoms with Crippen LogP contribution in [0.25, 0.3) is 0 Å². The van der Waals surface area contributed by atoms with Crippen molar-refractivity contribution in [3.63, 3.8) is 0 Å². The lowest BCUT2D eigenvalue weighted by Crippen LogP contribution is -2.50.